The Morgan fingerprint density at radius 3 is 2.83 bits per heavy atom. The molecular weight excluding hydrogens is 325 g/mol. The molecule has 0 saturated heterocycles. The maximum Gasteiger partial charge on any atom is 0.223 e. The van der Waals surface area contributed by atoms with Crippen LogP contribution < -0.4 is 5.73 Å². The Bertz CT molecular complexity index is 848. The third-order valence-electron chi connectivity index (χ3n) is 3.98. The third-order valence-corrected chi connectivity index (χ3v) is 4.99. The van der Waals surface area contributed by atoms with E-state index < -0.39 is 0 Å². The first-order valence-electron chi connectivity index (χ1n) is 7.93. The zero-order chi connectivity index (χ0) is 17.1. The first-order valence-corrected chi connectivity index (χ1v) is 8.91. The molecule has 3 rings (SSSR count). The minimum absolute atomic E-state index is 0.212. The van der Waals surface area contributed by atoms with Crippen LogP contribution in [-0.4, -0.2) is 19.5 Å². The van der Waals surface area contributed by atoms with Crippen LogP contribution in [0.5, 0.6) is 0 Å². The van der Waals surface area contributed by atoms with Crippen molar-refractivity contribution in [3.8, 4) is 0 Å². The van der Waals surface area contributed by atoms with Crippen LogP contribution in [0.25, 0.3) is 11.2 Å². The quantitative estimate of drug-likeness (QED) is 0.542. The molecule has 126 valence electrons. The molecule has 0 aliphatic heterocycles. The van der Waals surface area contributed by atoms with Gasteiger partial charge in [-0.25, -0.2) is 14.4 Å². The van der Waals surface area contributed by atoms with Crippen LogP contribution in [-0.2, 0) is 12.3 Å². The Labute approximate surface area is 144 Å². The summed E-state index contributed by atoms with van der Waals surface area (Å²) in [5.74, 6) is 0.985. The van der Waals surface area contributed by atoms with Gasteiger partial charge in [-0.3, -0.25) is 0 Å². The molecule has 2 N–H and O–H groups in total. The van der Waals surface area contributed by atoms with Crippen molar-refractivity contribution < 1.29 is 4.39 Å². The van der Waals surface area contributed by atoms with Gasteiger partial charge in [0.25, 0.3) is 0 Å². The monoisotopic (exact) mass is 345 g/mol. The van der Waals surface area contributed by atoms with E-state index in [-0.39, 0.29) is 11.8 Å². The first kappa shape index (κ1) is 16.7. The van der Waals surface area contributed by atoms with Gasteiger partial charge in [-0.05, 0) is 17.5 Å². The van der Waals surface area contributed by atoms with Crippen LogP contribution >= 0.6 is 11.8 Å². The molecule has 0 saturated carbocycles. The average molecular weight is 345 g/mol. The summed E-state index contributed by atoms with van der Waals surface area (Å²) in [6.07, 6.45) is 2.85. The summed E-state index contributed by atoms with van der Waals surface area (Å²) in [4.78, 5) is 13.1. The molecule has 1 aromatic carbocycles. The van der Waals surface area contributed by atoms with E-state index in [2.05, 4.69) is 28.8 Å². The van der Waals surface area contributed by atoms with Crippen LogP contribution in [0.2, 0.25) is 0 Å². The number of benzene rings is 1. The van der Waals surface area contributed by atoms with Gasteiger partial charge in [0, 0.05) is 12.3 Å². The minimum Gasteiger partial charge on any atom is -0.368 e. The molecule has 1 atom stereocenters. The number of nitrogen functional groups attached to an aromatic ring is 1. The summed E-state index contributed by atoms with van der Waals surface area (Å²) in [6.45, 7) is 5.17. The second kappa shape index (κ2) is 7.17. The van der Waals surface area contributed by atoms with Gasteiger partial charge < -0.3 is 10.3 Å². The molecule has 3 aromatic rings. The van der Waals surface area contributed by atoms with Gasteiger partial charge in [0.2, 0.25) is 5.95 Å². The molecule has 0 unspecified atom stereocenters. The van der Waals surface area contributed by atoms with E-state index in [4.69, 9.17) is 5.73 Å². The zero-order valence-corrected chi connectivity index (χ0v) is 14.6. The van der Waals surface area contributed by atoms with E-state index >= 15 is 0 Å². The fourth-order valence-corrected chi connectivity index (χ4v) is 3.36. The van der Waals surface area contributed by atoms with Crippen molar-refractivity contribution in [3.63, 3.8) is 0 Å². The molecule has 2 aromatic heterocycles. The highest BCUT2D eigenvalue weighted by atomic mass is 32.2. The topological polar surface area (TPSA) is 69.6 Å². The lowest BCUT2D eigenvalue weighted by atomic mass is 10.1. The van der Waals surface area contributed by atoms with Crippen molar-refractivity contribution in [2.24, 2.45) is 5.92 Å². The van der Waals surface area contributed by atoms with Crippen LogP contribution in [0.4, 0.5) is 10.3 Å². The molecule has 0 aliphatic rings. The molecule has 7 heteroatoms. The van der Waals surface area contributed by atoms with Crippen LogP contribution in [0.15, 0.2) is 35.6 Å². The lowest BCUT2D eigenvalue weighted by Gasteiger charge is -2.10. The van der Waals surface area contributed by atoms with Gasteiger partial charge in [-0.1, -0.05) is 50.2 Å². The maximum absolute atomic E-state index is 13.8. The van der Waals surface area contributed by atoms with E-state index in [1.807, 2.05) is 10.6 Å². The molecule has 0 amide bonds. The van der Waals surface area contributed by atoms with Gasteiger partial charge >= 0.3 is 0 Å². The van der Waals surface area contributed by atoms with E-state index in [9.17, 15) is 4.39 Å². The van der Waals surface area contributed by atoms with E-state index in [0.717, 1.165) is 18.6 Å². The SMILES string of the molecule is CC[C@@H](C)Cn1cnc2c(SCc3ccccc3F)nc(N)nc21. The lowest BCUT2D eigenvalue weighted by Crippen LogP contribution is -2.07. The summed E-state index contributed by atoms with van der Waals surface area (Å²) in [7, 11) is 0. The molecule has 5 nitrogen and oxygen atoms in total. The second-order valence-corrected chi connectivity index (χ2v) is 6.81. The highest BCUT2D eigenvalue weighted by Crippen LogP contribution is 2.28. The molecule has 24 heavy (non-hydrogen) atoms. The number of hydrogen-bond donors (Lipinski definition) is 1. The smallest absolute Gasteiger partial charge is 0.223 e. The van der Waals surface area contributed by atoms with E-state index in [1.54, 1.807) is 18.5 Å². The molecule has 0 spiro atoms. The minimum atomic E-state index is -0.217. The van der Waals surface area contributed by atoms with Crippen molar-refractivity contribution >= 4 is 28.9 Å². The number of thioether (sulfide) groups is 1. The van der Waals surface area contributed by atoms with E-state index in [0.29, 0.717) is 27.8 Å². The van der Waals surface area contributed by atoms with Crippen molar-refractivity contribution in [1.29, 1.82) is 0 Å². The summed E-state index contributed by atoms with van der Waals surface area (Å²) >= 11 is 1.42. The van der Waals surface area contributed by atoms with Gasteiger partial charge in [0.05, 0.1) is 6.33 Å². The first-order chi connectivity index (χ1) is 11.6. The van der Waals surface area contributed by atoms with Crippen molar-refractivity contribution in [2.45, 2.75) is 37.6 Å². The number of rotatable bonds is 6. The van der Waals surface area contributed by atoms with Gasteiger partial charge in [0.15, 0.2) is 5.65 Å². The molecule has 0 bridgehead atoms. The van der Waals surface area contributed by atoms with Crippen molar-refractivity contribution in [1.82, 2.24) is 19.5 Å². The average Bonchev–Trinajstić information content (AvgIpc) is 2.96. The van der Waals surface area contributed by atoms with Crippen LogP contribution in [0.3, 0.4) is 0 Å². The van der Waals surface area contributed by atoms with Gasteiger partial charge in [-0.2, -0.15) is 4.98 Å². The number of halogens is 1. The van der Waals surface area contributed by atoms with Crippen molar-refractivity contribution in [3.05, 3.63) is 42.0 Å². The normalized spacial score (nSPS) is 12.6. The number of imidazole rings is 1. The number of aromatic nitrogens is 4. The van der Waals surface area contributed by atoms with E-state index in [1.165, 1.54) is 17.8 Å². The molecule has 2 heterocycles. The fraction of sp³-hybridized carbons (Fsp3) is 0.353. The number of nitrogens with two attached hydrogens (primary N) is 1. The number of nitrogens with zero attached hydrogens (tertiary/aromatic N) is 4. The Kier molecular flexibility index (Phi) is 4.99. The fourth-order valence-electron chi connectivity index (χ4n) is 2.40. The maximum atomic E-state index is 13.8. The Morgan fingerprint density at radius 1 is 1.29 bits per heavy atom. The Balaban J connectivity index is 1.89. The number of hydrogen-bond acceptors (Lipinski definition) is 5. The molecule has 0 radical (unpaired) electrons. The predicted molar refractivity (Wildman–Crippen MR) is 95.2 cm³/mol. The van der Waals surface area contributed by atoms with Gasteiger partial charge in [-0.15, -0.1) is 0 Å². The molecule has 0 aliphatic carbocycles. The summed E-state index contributed by atoms with van der Waals surface area (Å²) in [6, 6.07) is 6.73. The third kappa shape index (κ3) is 3.51. The zero-order valence-electron chi connectivity index (χ0n) is 13.7. The standard InChI is InChI=1S/C17H20FN5S/c1-3-11(2)8-23-10-20-14-15(23)21-17(19)22-16(14)24-9-12-6-4-5-7-13(12)18/h4-7,10-11H,3,8-9H2,1-2H3,(H2,19,21,22)/t11-/m1/s1. The largest absolute Gasteiger partial charge is 0.368 e. The van der Waals surface area contributed by atoms with Gasteiger partial charge in [0.1, 0.15) is 16.4 Å². The predicted octanol–water partition coefficient (Wildman–Crippen LogP) is 3.89. The Hall–Kier alpha value is -2.15. The molecule has 0 fully saturated rings. The summed E-state index contributed by atoms with van der Waals surface area (Å²) in [5.41, 5.74) is 7.95. The van der Waals surface area contributed by atoms with Crippen LogP contribution in [0.1, 0.15) is 25.8 Å². The highest BCUT2D eigenvalue weighted by molar-refractivity contribution is 7.98. The highest BCUT2D eigenvalue weighted by Gasteiger charge is 2.14. The Morgan fingerprint density at radius 2 is 2.08 bits per heavy atom. The number of anilines is 1. The van der Waals surface area contributed by atoms with Crippen molar-refractivity contribution in [2.75, 3.05) is 5.73 Å². The molecular formula is C17H20FN5S. The van der Waals surface area contributed by atoms with Crippen LogP contribution in [0, 0.1) is 11.7 Å². The second-order valence-electron chi connectivity index (χ2n) is 5.85. The summed E-state index contributed by atoms with van der Waals surface area (Å²) in [5, 5.41) is 0.684. The summed E-state index contributed by atoms with van der Waals surface area (Å²) < 4.78 is 15.8. The number of fused-ring (bicyclic) bond motifs is 1. The lowest BCUT2D eigenvalue weighted by molar-refractivity contribution is 0.474.